The summed E-state index contributed by atoms with van der Waals surface area (Å²) < 4.78 is 16.7. The first-order valence-corrected chi connectivity index (χ1v) is 7.25. The minimum atomic E-state index is 0.0470. The molecule has 2 heterocycles. The Morgan fingerprint density at radius 2 is 2.00 bits per heavy atom. The predicted molar refractivity (Wildman–Crippen MR) is 77.0 cm³/mol. The lowest BCUT2D eigenvalue weighted by atomic mass is 9.84. The average molecular weight is 277 g/mol. The molecule has 0 N–H and O–H groups in total. The lowest BCUT2D eigenvalue weighted by Crippen LogP contribution is -2.65. The van der Waals surface area contributed by atoms with Crippen LogP contribution in [0.5, 0.6) is 5.75 Å². The van der Waals surface area contributed by atoms with Crippen molar-refractivity contribution in [3.05, 3.63) is 29.8 Å². The Balaban J connectivity index is 1.52. The average Bonchev–Trinajstić information content (AvgIpc) is 2.46. The highest BCUT2D eigenvalue weighted by molar-refractivity contribution is 5.27. The van der Waals surface area contributed by atoms with Gasteiger partial charge in [-0.1, -0.05) is 12.1 Å². The second kappa shape index (κ2) is 5.72. The summed E-state index contributed by atoms with van der Waals surface area (Å²) in [6.07, 6.45) is 2.42. The van der Waals surface area contributed by atoms with E-state index in [2.05, 4.69) is 17.0 Å². The van der Waals surface area contributed by atoms with Gasteiger partial charge in [0.05, 0.1) is 18.8 Å². The molecule has 4 heteroatoms. The lowest BCUT2D eigenvalue weighted by molar-refractivity contribution is -0.195. The van der Waals surface area contributed by atoms with E-state index in [1.165, 1.54) is 5.56 Å². The van der Waals surface area contributed by atoms with Crippen molar-refractivity contribution < 1.29 is 14.2 Å². The summed E-state index contributed by atoms with van der Waals surface area (Å²) >= 11 is 0. The zero-order valence-corrected chi connectivity index (χ0v) is 12.3. The maximum atomic E-state index is 6.00. The molecule has 1 aromatic carbocycles. The Labute approximate surface area is 120 Å². The molecule has 4 nitrogen and oxygen atoms in total. The Morgan fingerprint density at radius 1 is 1.25 bits per heavy atom. The fraction of sp³-hybridized carbons (Fsp3) is 0.625. The molecule has 20 heavy (non-hydrogen) atoms. The van der Waals surface area contributed by atoms with Gasteiger partial charge in [0.2, 0.25) is 0 Å². The van der Waals surface area contributed by atoms with E-state index in [1.807, 2.05) is 12.1 Å². The van der Waals surface area contributed by atoms with E-state index in [4.69, 9.17) is 14.2 Å². The molecule has 0 unspecified atom stereocenters. The van der Waals surface area contributed by atoms with Gasteiger partial charge in [0.15, 0.2) is 0 Å². The molecule has 110 valence electrons. The highest BCUT2D eigenvalue weighted by Gasteiger charge is 2.47. The van der Waals surface area contributed by atoms with Crippen molar-refractivity contribution in [2.45, 2.75) is 31.1 Å². The van der Waals surface area contributed by atoms with Crippen LogP contribution in [0.1, 0.15) is 18.4 Å². The molecule has 0 aromatic heterocycles. The SMILES string of the molecule is COc1ccc(CN2CC3(C[C@@H](OC)CCO3)C2)cc1. The van der Waals surface area contributed by atoms with Crippen molar-refractivity contribution >= 4 is 0 Å². The minimum absolute atomic E-state index is 0.0470. The van der Waals surface area contributed by atoms with Gasteiger partial charge in [-0.2, -0.15) is 0 Å². The molecular weight excluding hydrogens is 254 g/mol. The molecule has 1 aromatic rings. The van der Waals surface area contributed by atoms with Crippen LogP contribution in [0.4, 0.5) is 0 Å². The maximum Gasteiger partial charge on any atom is 0.118 e. The smallest absolute Gasteiger partial charge is 0.118 e. The van der Waals surface area contributed by atoms with E-state index in [0.29, 0.717) is 6.10 Å². The molecule has 2 fully saturated rings. The summed E-state index contributed by atoms with van der Waals surface area (Å²) in [4.78, 5) is 2.43. The maximum absolute atomic E-state index is 6.00. The van der Waals surface area contributed by atoms with E-state index >= 15 is 0 Å². The number of likely N-dealkylation sites (tertiary alicyclic amines) is 1. The van der Waals surface area contributed by atoms with Crippen molar-refractivity contribution in [2.24, 2.45) is 0 Å². The number of nitrogens with zero attached hydrogens (tertiary/aromatic N) is 1. The predicted octanol–water partition coefficient (Wildman–Crippen LogP) is 2.08. The van der Waals surface area contributed by atoms with Gasteiger partial charge in [-0.05, 0) is 24.1 Å². The normalized spacial score (nSPS) is 25.4. The number of methoxy groups -OCH3 is 2. The van der Waals surface area contributed by atoms with Crippen LogP contribution in [0.15, 0.2) is 24.3 Å². The van der Waals surface area contributed by atoms with Crippen LogP contribution < -0.4 is 4.74 Å². The van der Waals surface area contributed by atoms with Gasteiger partial charge in [-0.25, -0.2) is 0 Å². The van der Waals surface area contributed by atoms with Crippen LogP contribution >= 0.6 is 0 Å². The third-order valence-corrected chi connectivity index (χ3v) is 4.37. The molecule has 0 amide bonds. The topological polar surface area (TPSA) is 30.9 Å². The quantitative estimate of drug-likeness (QED) is 0.843. The highest BCUT2D eigenvalue weighted by atomic mass is 16.5. The Bertz CT molecular complexity index is 440. The van der Waals surface area contributed by atoms with Crippen molar-refractivity contribution in [1.82, 2.24) is 4.90 Å². The van der Waals surface area contributed by atoms with Crippen LogP contribution in [0.25, 0.3) is 0 Å². The monoisotopic (exact) mass is 277 g/mol. The summed E-state index contributed by atoms with van der Waals surface area (Å²) in [7, 11) is 3.50. The standard InChI is InChI=1S/C16H23NO3/c1-18-14-5-3-13(4-6-14)10-17-11-16(12-17)9-15(19-2)7-8-20-16/h3-6,15H,7-12H2,1-2H3/t15-/m0/s1. The Morgan fingerprint density at radius 3 is 2.65 bits per heavy atom. The number of hydrogen-bond acceptors (Lipinski definition) is 4. The van der Waals surface area contributed by atoms with Gasteiger partial charge < -0.3 is 14.2 Å². The van der Waals surface area contributed by atoms with Crippen molar-refractivity contribution in [3.63, 3.8) is 0 Å². The molecule has 0 saturated carbocycles. The first kappa shape index (κ1) is 13.9. The van der Waals surface area contributed by atoms with Gasteiger partial charge in [-0.15, -0.1) is 0 Å². The summed E-state index contributed by atoms with van der Waals surface area (Å²) in [6, 6.07) is 8.29. The third-order valence-electron chi connectivity index (χ3n) is 4.37. The van der Waals surface area contributed by atoms with Crippen LogP contribution in [-0.4, -0.2) is 50.5 Å². The lowest BCUT2D eigenvalue weighted by Gasteiger charge is -2.53. The fourth-order valence-electron chi connectivity index (χ4n) is 3.27. The number of rotatable bonds is 4. The number of benzene rings is 1. The fourth-order valence-corrected chi connectivity index (χ4v) is 3.27. The molecule has 1 atom stereocenters. The molecule has 3 rings (SSSR count). The zero-order chi connectivity index (χ0) is 14.0. The van der Waals surface area contributed by atoms with E-state index in [9.17, 15) is 0 Å². The first-order valence-electron chi connectivity index (χ1n) is 7.25. The second-order valence-electron chi connectivity index (χ2n) is 5.88. The highest BCUT2D eigenvalue weighted by Crippen LogP contribution is 2.35. The van der Waals surface area contributed by atoms with Gasteiger partial charge in [0, 0.05) is 39.8 Å². The molecule has 1 spiro atoms. The molecule has 2 aliphatic heterocycles. The summed E-state index contributed by atoms with van der Waals surface area (Å²) in [6.45, 7) is 3.83. The van der Waals surface area contributed by atoms with E-state index in [0.717, 1.165) is 44.8 Å². The Hall–Kier alpha value is -1.10. The largest absolute Gasteiger partial charge is 0.497 e. The molecule has 2 saturated heterocycles. The molecule has 2 aliphatic rings. The van der Waals surface area contributed by atoms with E-state index < -0.39 is 0 Å². The summed E-state index contributed by atoms with van der Waals surface area (Å²) in [5.74, 6) is 0.910. The molecular formula is C16H23NO3. The van der Waals surface area contributed by atoms with Crippen molar-refractivity contribution in [2.75, 3.05) is 33.9 Å². The van der Waals surface area contributed by atoms with Crippen LogP contribution in [-0.2, 0) is 16.0 Å². The van der Waals surface area contributed by atoms with Gasteiger partial charge >= 0.3 is 0 Å². The Kier molecular flexibility index (Phi) is 3.96. The van der Waals surface area contributed by atoms with Crippen molar-refractivity contribution in [1.29, 1.82) is 0 Å². The summed E-state index contributed by atoms with van der Waals surface area (Å²) in [5, 5.41) is 0. The third kappa shape index (κ3) is 2.82. The second-order valence-corrected chi connectivity index (χ2v) is 5.88. The zero-order valence-electron chi connectivity index (χ0n) is 12.3. The molecule has 0 aliphatic carbocycles. The minimum Gasteiger partial charge on any atom is -0.497 e. The summed E-state index contributed by atoms with van der Waals surface area (Å²) in [5.41, 5.74) is 1.37. The number of hydrogen-bond donors (Lipinski definition) is 0. The number of ether oxygens (including phenoxy) is 3. The van der Waals surface area contributed by atoms with Crippen LogP contribution in [0.2, 0.25) is 0 Å². The van der Waals surface area contributed by atoms with Gasteiger partial charge in [0.25, 0.3) is 0 Å². The molecule has 0 bridgehead atoms. The van der Waals surface area contributed by atoms with Gasteiger partial charge in [-0.3, -0.25) is 4.90 Å². The van der Waals surface area contributed by atoms with Crippen LogP contribution in [0.3, 0.4) is 0 Å². The van der Waals surface area contributed by atoms with Crippen LogP contribution in [0, 0.1) is 0 Å². The van der Waals surface area contributed by atoms with E-state index in [1.54, 1.807) is 14.2 Å². The van der Waals surface area contributed by atoms with Crippen molar-refractivity contribution in [3.8, 4) is 5.75 Å². The van der Waals surface area contributed by atoms with E-state index in [-0.39, 0.29) is 5.60 Å². The molecule has 0 radical (unpaired) electrons. The van der Waals surface area contributed by atoms with Gasteiger partial charge in [0.1, 0.15) is 5.75 Å². The first-order chi connectivity index (χ1) is 9.73.